The predicted octanol–water partition coefficient (Wildman–Crippen LogP) is 2.62. The molecule has 0 radical (unpaired) electrons. The molecule has 1 aromatic heterocycles. The first-order chi connectivity index (χ1) is 7.79. The van der Waals surface area contributed by atoms with E-state index in [1.54, 1.807) is 18.5 Å². The number of carbonyl (C=O) groups is 1. The van der Waals surface area contributed by atoms with Crippen LogP contribution in [0.4, 0.5) is 4.39 Å². The molecule has 0 saturated heterocycles. The number of carbonyl (C=O) groups excluding carboxylic acids is 1. The maximum Gasteiger partial charge on any atom is 0.150 e. The molecule has 2 nitrogen and oxygen atoms in total. The van der Waals surface area contributed by atoms with E-state index >= 15 is 0 Å². The van der Waals surface area contributed by atoms with Crippen LogP contribution in [0, 0.1) is 5.82 Å². The highest BCUT2D eigenvalue weighted by atomic mass is 19.1. The molecule has 0 amide bonds. The second kappa shape index (κ2) is 4.66. The average Bonchev–Trinajstić information content (AvgIpc) is 2.33. The molecular weight excluding hydrogens is 205 g/mol. The van der Waals surface area contributed by atoms with E-state index in [2.05, 4.69) is 4.98 Å². The van der Waals surface area contributed by atoms with E-state index in [9.17, 15) is 9.18 Å². The van der Waals surface area contributed by atoms with Gasteiger partial charge in [0.2, 0.25) is 0 Å². The van der Waals surface area contributed by atoms with Gasteiger partial charge < -0.3 is 0 Å². The van der Waals surface area contributed by atoms with Crippen LogP contribution in [-0.4, -0.2) is 11.3 Å². The second-order valence-electron chi connectivity index (χ2n) is 3.50. The van der Waals surface area contributed by atoms with E-state index in [0.29, 0.717) is 18.3 Å². The molecule has 1 heterocycles. The van der Waals surface area contributed by atoms with Gasteiger partial charge in [-0.25, -0.2) is 4.39 Å². The SMILES string of the molecule is O=Cc1cc(F)ccc1Cc1cccnc1. The number of rotatable bonds is 3. The molecule has 2 aromatic rings. The van der Waals surface area contributed by atoms with Crippen LogP contribution < -0.4 is 0 Å². The zero-order valence-corrected chi connectivity index (χ0v) is 8.56. The van der Waals surface area contributed by atoms with Gasteiger partial charge in [-0.15, -0.1) is 0 Å². The largest absolute Gasteiger partial charge is 0.298 e. The van der Waals surface area contributed by atoms with Gasteiger partial charge in [-0.2, -0.15) is 0 Å². The van der Waals surface area contributed by atoms with Crippen molar-refractivity contribution in [3.63, 3.8) is 0 Å². The Bertz CT molecular complexity index is 497. The maximum absolute atomic E-state index is 12.9. The highest BCUT2D eigenvalue weighted by molar-refractivity contribution is 5.77. The van der Waals surface area contributed by atoms with Crippen molar-refractivity contribution in [1.82, 2.24) is 4.98 Å². The Morgan fingerprint density at radius 3 is 2.88 bits per heavy atom. The molecule has 0 fully saturated rings. The molecule has 2 rings (SSSR count). The summed E-state index contributed by atoms with van der Waals surface area (Å²) >= 11 is 0. The van der Waals surface area contributed by atoms with Crippen LogP contribution in [0.5, 0.6) is 0 Å². The van der Waals surface area contributed by atoms with Crippen molar-refractivity contribution < 1.29 is 9.18 Å². The Labute approximate surface area is 92.8 Å². The summed E-state index contributed by atoms with van der Waals surface area (Å²) in [6.45, 7) is 0. The zero-order chi connectivity index (χ0) is 11.4. The summed E-state index contributed by atoms with van der Waals surface area (Å²) in [6, 6.07) is 7.99. The Balaban J connectivity index is 2.31. The summed E-state index contributed by atoms with van der Waals surface area (Å²) in [6.07, 6.45) is 4.68. The van der Waals surface area contributed by atoms with E-state index in [1.807, 2.05) is 12.1 Å². The molecule has 0 aliphatic carbocycles. The molecule has 0 saturated carbocycles. The van der Waals surface area contributed by atoms with Gasteiger partial charge in [0, 0.05) is 18.0 Å². The van der Waals surface area contributed by atoms with Crippen molar-refractivity contribution >= 4 is 6.29 Å². The summed E-state index contributed by atoms with van der Waals surface area (Å²) in [4.78, 5) is 14.8. The number of hydrogen-bond donors (Lipinski definition) is 0. The van der Waals surface area contributed by atoms with Crippen molar-refractivity contribution in [3.05, 3.63) is 65.2 Å². The van der Waals surface area contributed by atoms with Gasteiger partial charge in [0.1, 0.15) is 12.1 Å². The molecule has 0 bridgehead atoms. The van der Waals surface area contributed by atoms with Crippen LogP contribution in [0.1, 0.15) is 21.5 Å². The fourth-order valence-corrected chi connectivity index (χ4v) is 1.56. The van der Waals surface area contributed by atoms with Gasteiger partial charge in [-0.1, -0.05) is 12.1 Å². The molecule has 0 atom stereocenters. The van der Waals surface area contributed by atoms with Crippen molar-refractivity contribution in [1.29, 1.82) is 0 Å². The monoisotopic (exact) mass is 215 g/mol. The number of aldehydes is 1. The lowest BCUT2D eigenvalue weighted by Crippen LogP contribution is -1.95. The lowest BCUT2D eigenvalue weighted by molar-refractivity contribution is 0.112. The third-order valence-electron chi connectivity index (χ3n) is 2.35. The summed E-state index contributed by atoms with van der Waals surface area (Å²) < 4.78 is 12.9. The Morgan fingerprint density at radius 1 is 1.31 bits per heavy atom. The molecule has 0 spiro atoms. The third-order valence-corrected chi connectivity index (χ3v) is 2.35. The molecule has 3 heteroatoms. The van der Waals surface area contributed by atoms with E-state index in [0.717, 1.165) is 11.1 Å². The lowest BCUT2D eigenvalue weighted by Gasteiger charge is -2.04. The van der Waals surface area contributed by atoms with Crippen LogP contribution in [0.25, 0.3) is 0 Å². The standard InChI is InChI=1S/C13H10FNO/c14-13-4-3-11(12(7-13)9-16)6-10-2-1-5-15-8-10/h1-5,7-9H,6H2. The van der Waals surface area contributed by atoms with E-state index < -0.39 is 5.82 Å². The lowest BCUT2D eigenvalue weighted by atomic mass is 10.0. The van der Waals surface area contributed by atoms with Crippen LogP contribution in [0.15, 0.2) is 42.7 Å². The van der Waals surface area contributed by atoms with Crippen LogP contribution >= 0.6 is 0 Å². The number of benzene rings is 1. The number of aromatic nitrogens is 1. The quantitative estimate of drug-likeness (QED) is 0.737. The predicted molar refractivity (Wildman–Crippen MR) is 58.8 cm³/mol. The minimum absolute atomic E-state index is 0.392. The van der Waals surface area contributed by atoms with Crippen molar-refractivity contribution in [2.24, 2.45) is 0 Å². The van der Waals surface area contributed by atoms with Crippen molar-refractivity contribution in [3.8, 4) is 0 Å². The topological polar surface area (TPSA) is 30.0 Å². The normalized spacial score (nSPS) is 10.1. The van der Waals surface area contributed by atoms with Crippen molar-refractivity contribution in [2.75, 3.05) is 0 Å². The van der Waals surface area contributed by atoms with Gasteiger partial charge in [0.15, 0.2) is 0 Å². The van der Waals surface area contributed by atoms with E-state index in [-0.39, 0.29) is 0 Å². The minimum Gasteiger partial charge on any atom is -0.298 e. The molecule has 0 aliphatic rings. The summed E-state index contributed by atoms with van der Waals surface area (Å²) in [5, 5.41) is 0. The number of pyridine rings is 1. The third kappa shape index (κ3) is 2.31. The number of hydrogen-bond acceptors (Lipinski definition) is 2. The molecule has 0 N–H and O–H groups in total. The number of nitrogens with zero attached hydrogens (tertiary/aromatic N) is 1. The molecule has 1 aromatic carbocycles. The maximum atomic E-state index is 12.9. The second-order valence-corrected chi connectivity index (χ2v) is 3.50. The molecular formula is C13H10FNO. The average molecular weight is 215 g/mol. The summed E-state index contributed by atoms with van der Waals surface area (Å²) in [5.74, 6) is -0.392. The highest BCUT2D eigenvalue weighted by Crippen LogP contribution is 2.13. The first-order valence-electron chi connectivity index (χ1n) is 4.92. The van der Waals surface area contributed by atoms with Gasteiger partial charge in [-0.05, 0) is 35.7 Å². The van der Waals surface area contributed by atoms with E-state index in [4.69, 9.17) is 0 Å². The molecule has 0 unspecified atom stereocenters. The Kier molecular flexibility index (Phi) is 3.05. The minimum atomic E-state index is -0.392. The van der Waals surface area contributed by atoms with E-state index in [1.165, 1.54) is 12.1 Å². The smallest absolute Gasteiger partial charge is 0.150 e. The Morgan fingerprint density at radius 2 is 2.19 bits per heavy atom. The first kappa shape index (κ1) is 10.5. The van der Waals surface area contributed by atoms with Crippen molar-refractivity contribution in [2.45, 2.75) is 6.42 Å². The Hall–Kier alpha value is -2.03. The first-order valence-corrected chi connectivity index (χ1v) is 4.92. The summed E-state index contributed by atoms with van der Waals surface area (Å²) in [5.41, 5.74) is 2.20. The van der Waals surface area contributed by atoms with Gasteiger partial charge >= 0.3 is 0 Å². The summed E-state index contributed by atoms with van der Waals surface area (Å²) in [7, 11) is 0. The molecule has 80 valence electrons. The molecule has 0 aliphatic heterocycles. The highest BCUT2D eigenvalue weighted by Gasteiger charge is 2.04. The van der Waals surface area contributed by atoms with Gasteiger partial charge in [0.25, 0.3) is 0 Å². The zero-order valence-electron chi connectivity index (χ0n) is 8.56. The fraction of sp³-hybridized carbons (Fsp3) is 0.0769. The van der Waals surface area contributed by atoms with Gasteiger partial charge in [-0.3, -0.25) is 9.78 Å². The number of halogens is 1. The molecule has 16 heavy (non-hydrogen) atoms. The van der Waals surface area contributed by atoms with Crippen LogP contribution in [-0.2, 0) is 6.42 Å². The van der Waals surface area contributed by atoms with Gasteiger partial charge in [0.05, 0.1) is 0 Å². The van der Waals surface area contributed by atoms with Crippen LogP contribution in [0.3, 0.4) is 0 Å². The fourth-order valence-electron chi connectivity index (χ4n) is 1.56. The van der Waals surface area contributed by atoms with Crippen LogP contribution in [0.2, 0.25) is 0 Å².